The van der Waals surface area contributed by atoms with Gasteiger partial charge in [0.2, 0.25) is 0 Å². The zero-order valence-corrected chi connectivity index (χ0v) is 13.6. The first kappa shape index (κ1) is 14.4. The van der Waals surface area contributed by atoms with Crippen molar-refractivity contribution in [2.75, 3.05) is 0 Å². The van der Waals surface area contributed by atoms with E-state index in [2.05, 4.69) is 64.5 Å². The molecule has 1 atom stereocenters. The summed E-state index contributed by atoms with van der Waals surface area (Å²) in [5.41, 5.74) is 3.62. The van der Waals surface area contributed by atoms with Gasteiger partial charge in [0, 0.05) is 0 Å². The van der Waals surface area contributed by atoms with Crippen molar-refractivity contribution < 1.29 is 4.42 Å². The highest BCUT2D eigenvalue weighted by molar-refractivity contribution is 9.10. The van der Waals surface area contributed by atoms with E-state index in [4.69, 9.17) is 16.0 Å². The summed E-state index contributed by atoms with van der Waals surface area (Å²) in [6, 6.07) is 22.5. The Balaban J connectivity index is 1.75. The van der Waals surface area contributed by atoms with Crippen LogP contribution in [-0.4, -0.2) is 0 Å². The van der Waals surface area contributed by atoms with E-state index < -0.39 is 0 Å². The molecule has 0 fully saturated rings. The zero-order chi connectivity index (χ0) is 14.7. The summed E-state index contributed by atoms with van der Waals surface area (Å²) in [6.07, 6.45) is 0.931. The molecule has 0 bridgehead atoms. The molecule has 3 aromatic rings. The van der Waals surface area contributed by atoms with Gasteiger partial charge in [-0.2, -0.15) is 0 Å². The summed E-state index contributed by atoms with van der Waals surface area (Å²) in [4.78, 5) is 0. The molecule has 3 rings (SSSR count). The molecule has 1 nitrogen and oxygen atoms in total. The first-order chi connectivity index (χ1) is 10.2. The van der Waals surface area contributed by atoms with Crippen LogP contribution in [0.15, 0.2) is 75.8 Å². The number of benzene rings is 2. The average molecular weight is 362 g/mol. The van der Waals surface area contributed by atoms with Crippen LogP contribution in [0, 0.1) is 0 Å². The van der Waals surface area contributed by atoms with E-state index in [0.717, 1.165) is 17.7 Å². The zero-order valence-electron chi connectivity index (χ0n) is 11.3. The maximum absolute atomic E-state index is 6.44. The van der Waals surface area contributed by atoms with E-state index in [1.54, 1.807) is 0 Å². The van der Waals surface area contributed by atoms with Gasteiger partial charge in [0.05, 0.1) is 0 Å². The molecule has 2 aromatic carbocycles. The van der Waals surface area contributed by atoms with Crippen molar-refractivity contribution in [2.45, 2.75) is 11.8 Å². The van der Waals surface area contributed by atoms with Crippen LogP contribution in [0.3, 0.4) is 0 Å². The third kappa shape index (κ3) is 3.58. The maximum Gasteiger partial charge on any atom is 0.169 e. The molecule has 1 unspecified atom stereocenters. The van der Waals surface area contributed by atoms with Crippen LogP contribution in [0.1, 0.15) is 27.8 Å². The van der Waals surface area contributed by atoms with Gasteiger partial charge < -0.3 is 4.42 Å². The Hall–Kier alpha value is -1.51. The highest BCUT2D eigenvalue weighted by Crippen LogP contribution is 2.31. The van der Waals surface area contributed by atoms with Crippen LogP contribution in [0.4, 0.5) is 0 Å². The maximum atomic E-state index is 6.44. The lowest BCUT2D eigenvalue weighted by Crippen LogP contribution is -1.93. The minimum absolute atomic E-state index is 0.262. The standard InChI is InChI=1S/C18H14BrClO/c19-17-11-10-16(21-17)18(20)15-8-6-14(7-9-15)12-13-4-2-1-3-5-13/h1-11,18H,12H2. The summed E-state index contributed by atoms with van der Waals surface area (Å²) in [7, 11) is 0. The predicted octanol–water partition coefficient (Wildman–Crippen LogP) is 5.96. The average Bonchev–Trinajstić information content (AvgIpc) is 2.95. The van der Waals surface area contributed by atoms with Crippen LogP contribution < -0.4 is 0 Å². The van der Waals surface area contributed by atoms with Gasteiger partial charge in [-0.05, 0) is 51.2 Å². The molecule has 0 spiro atoms. The monoisotopic (exact) mass is 360 g/mol. The van der Waals surface area contributed by atoms with Crippen molar-refractivity contribution in [3.05, 3.63) is 93.9 Å². The molecule has 1 aromatic heterocycles. The van der Waals surface area contributed by atoms with Crippen molar-refractivity contribution in [2.24, 2.45) is 0 Å². The molecule has 21 heavy (non-hydrogen) atoms. The van der Waals surface area contributed by atoms with Crippen molar-refractivity contribution in [1.29, 1.82) is 0 Å². The molecule has 106 valence electrons. The lowest BCUT2D eigenvalue weighted by atomic mass is 10.0. The van der Waals surface area contributed by atoms with Gasteiger partial charge in [0.15, 0.2) is 4.67 Å². The summed E-state index contributed by atoms with van der Waals surface area (Å²) in [5.74, 6) is 0.749. The second kappa shape index (κ2) is 6.50. The number of hydrogen-bond donors (Lipinski definition) is 0. The molecule has 1 heterocycles. The molecule has 0 radical (unpaired) electrons. The number of hydrogen-bond acceptors (Lipinski definition) is 1. The summed E-state index contributed by atoms with van der Waals surface area (Å²) < 4.78 is 6.21. The third-order valence-electron chi connectivity index (χ3n) is 3.37. The smallest absolute Gasteiger partial charge is 0.169 e. The fourth-order valence-corrected chi connectivity index (χ4v) is 2.85. The molecule has 0 amide bonds. The lowest BCUT2D eigenvalue weighted by Gasteiger charge is -2.08. The highest BCUT2D eigenvalue weighted by Gasteiger charge is 2.14. The summed E-state index contributed by atoms with van der Waals surface area (Å²) in [6.45, 7) is 0. The molecule has 0 N–H and O–H groups in total. The Bertz CT molecular complexity index is 704. The second-order valence-corrected chi connectivity index (χ2v) is 6.13. The first-order valence-electron chi connectivity index (χ1n) is 6.74. The first-order valence-corrected chi connectivity index (χ1v) is 7.97. The molecular formula is C18H14BrClO. The van der Waals surface area contributed by atoms with Crippen LogP contribution in [-0.2, 0) is 6.42 Å². The molecule has 0 aliphatic carbocycles. The van der Waals surface area contributed by atoms with Gasteiger partial charge in [-0.15, -0.1) is 11.6 Å². The van der Waals surface area contributed by atoms with Crippen molar-refractivity contribution in [1.82, 2.24) is 0 Å². The van der Waals surface area contributed by atoms with Crippen LogP contribution >= 0.6 is 27.5 Å². The Kier molecular flexibility index (Phi) is 4.47. The van der Waals surface area contributed by atoms with Crippen molar-refractivity contribution in [3.8, 4) is 0 Å². The van der Waals surface area contributed by atoms with Gasteiger partial charge in [0.25, 0.3) is 0 Å². The van der Waals surface area contributed by atoms with Crippen molar-refractivity contribution >= 4 is 27.5 Å². The number of furan rings is 1. The molecule has 0 saturated heterocycles. The number of halogens is 2. The molecule has 0 saturated carbocycles. The fourth-order valence-electron chi connectivity index (χ4n) is 2.26. The van der Waals surface area contributed by atoms with Gasteiger partial charge >= 0.3 is 0 Å². The summed E-state index contributed by atoms with van der Waals surface area (Å²) >= 11 is 9.74. The summed E-state index contributed by atoms with van der Waals surface area (Å²) in [5, 5.41) is -0.262. The van der Waals surface area contributed by atoms with E-state index in [9.17, 15) is 0 Å². The minimum Gasteiger partial charge on any atom is -0.452 e. The Morgan fingerprint density at radius 3 is 2.14 bits per heavy atom. The third-order valence-corrected chi connectivity index (χ3v) is 4.26. The second-order valence-electron chi connectivity index (χ2n) is 4.91. The largest absolute Gasteiger partial charge is 0.452 e. The lowest BCUT2D eigenvalue weighted by molar-refractivity contribution is 0.494. The number of alkyl halides is 1. The number of rotatable bonds is 4. The molecule has 0 aliphatic heterocycles. The Morgan fingerprint density at radius 1 is 0.857 bits per heavy atom. The van der Waals surface area contributed by atoms with Crippen LogP contribution in [0.25, 0.3) is 0 Å². The molecule has 0 aliphatic rings. The SMILES string of the molecule is ClC(c1ccc(Cc2ccccc2)cc1)c1ccc(Br)o1. The van der Waals surface area contributed by atoms with Gasteiger partial charge in [-0.25, -0.2) is 0 Å². The fraction of sp³-hybridized carbons (Fsp3) is 0.111. The van der Waals surface area contributed by atoms with E-state index in [1.165, 1.54) is 11.1 Å². The van der Waals surface area contributed by atoms with Crippen LogP contribution in [0.5, 0.6) is 0 Å². The molecular weight excluding hydrogens is 348 g/mol. The quantitative estimate of drug-likeness (QED) is 0.522. The van der Waals surface area contributed by atoms with Gasteiger partial charge in [-0.3, -0.25) is 0 Å². The predicted molar refractivity (Wildman–Crippen MR) is 89.8 cm³/mol. The normalized spacial score (nSPS) is 12.3. The van der Waals surface area contributed by atoms with Crippen LogP contribution in [0.2, 0.25) is 0 Å². The van der Waals surface area contributed by atoms with Crippen molar-refractivity contribution in [3.63, 3.8) is 0 Å². The van der Waals surface area contributed by atoms with E-state index in [-0.39, 0.29) is 5.38 Å². The van der Waals surface area contributed by atoms with E-state index in [0.29, 0.717) is 4.67 Å². The van der Waals surface area contributed by atoms with Gasteiger partial charge in [-0.1, -0.05) is 54.6 Å². The Labute approximate surface area is 137 Å². The topological polar surface area (TPSA) is 13.1 Å². The minimum atomic E-state index is -0.262. The van der Waals surface area contributed by atoms with E-state index >= 15 is 0 Å². The Morgan fingerprint density at radius 2 is 1.52 bits per heavy atom. The molecule has 3 heteroatoms. The highest BCUT2D eigenvalue weighted by atomic mass is 79.9. The van der Waals surface area contributed by atoms with E-state index in [1.807, 2.05) is 18.2 Å². The van der Waals surface area contributed by atoms with Gasteiger partial charge in [0.1, 0.15) is 11.1 Å².